The zero-order chi connectivity index (χ0) is 23.8. The van der Waals surface area contributed by atoms with Crippen LogP contribution in [0.5, 0.6) is 5.75 Å². The van der Waals surface area contributed by atoms with E-state index in [0.717, 1.165) is 37.0 Å². The molecule has 1 aliphatic heterocycles. The number of ether oxygens (including phenoxy) is 1. The van der Waals surface area contributed by atoms with E-state index >= 15 is 0 Å². The number of aromatic nitrogens is 6. The van der Waals surface area contributed by atoms with Crippen LogP contribution < -0.4 is 10.1 Å². The Morgan fingerprint density at radius 3 is 2.94 bits per heavy atom. The number of pyridine rings is 2. The van der Waals surface area contributed by atoms with Crippen LogP contribution in [0, 0.1) is 18.7 Å². The van der Waals surface area contributed by atoms with E-state index in [2.05, 4.69) is 32.6 Å². The van der Waals surface area contributed by atoms with Crippen LogP contribution in [-0.4, -0.2) is 54.4 Å². The van der Waals surface area contributed by atoms with E-state index in [1.165, 1.54) is 18.3 Å². The van der Waals surface area contributed by atoms with Crippen molar-refractivity contribution in [2.75, 3.05) is 19.7 Å². The Morgan fingerprint density at radius 1 is 1.35 bits per heavy atom. The summed E-state index contributed by atoms with van der Waals surface area (Å²) < 4.78 is 23.1. The lowest BCUT2D eigenvalue weighted by Gasteiger charge is -2.30. The Labute approximate surface area is 200 Å². The van der Waals surface area contributed by atoms with E-state index in [1.54, 1.807) is 4.52 Å². The second-order valence-electron chi connectivity index (χ2n) is 8.57. The fourth-order valence-corrected chi connectivity index (χ4v) is 4.70. The van der Waals surface area contributed by atoms with Crippen LogP contribution in [-0.2, 0) is 0 Å². The van der Waals surface area contributed by atoms with Crippen molar-refractivity contribution in [2.45, 2.75) is 32.4 Å². The van der Waals surface area contributed by atoms with Gasteiger partial charge in [-0.2, -0.15) is 5.10 Å². The van der Waals surface area contributed by atoms with Gasteiger partial charge in [-0.05, 0) is 50.6 Å². The molecule has 1 saturated heterocycles. The van der Waals surface area contributed by atoms with Crippen LogP contribution in [0.2, 0.25) is 5.02 Å². The molecule has 4 aromatic rings. The van der Waals surface area contributed by atoms with Gasteiger partial charge >= 0.3 is 0 Å². The summed E-state index contributed by atoms with van der Waals surface area (Å²) >= 11 is 6.39. The molecular formula is C23H25ClFN7O2. The first-order chi connectivity index (χ1) is 16.5. The third-order valence-electron chi connectivity index (χ3n) is 6.30. The van der Waals surface area contributed by atoms with Crippen molar-refractivity contribution in [1.29, 1.82) is 0 Å². The Hall–Kier alpha value is -3.08. The van der Waals surface area contributed by atoms with Gasteiger partial charge in [-0.1, -0.05) is 23.7 Å². The minimum atomic E-state index is -0.821. The highest BCUT2D eigenvalue weighted by atomic mass is 35.5. The first kappa shape index (κ1) is 22.7. The normalized spacial score (nSPS) is 19.4. The van der Waals surface area contributed by atoms with Gasteiger partial charge in [-0.15, -0.1) is 5.10 Å². The molecule has 4 aromatic heterocycles. The molecule has 5 heterocycles. The number of nitrogens with one attached hydrogen (secondary N) is 1. The zero-order valence-corrected chi connectivity index (χ0v) is 19.6. The van der Waals surface area contributed by atoms with Crippen LogP contribution in [0.3, 0.4) is 0 Å². The molecule has 0 bridgehead atoms. The fraction of sp³-hybridized carbons (Fsp3) is 0.391. The molecule has 178 valence electrons. The number of hydrogen-bond donors (Lipinski definition) is 2. The second kappa shape index (κ2) is 9.28. The number of hydrogen-bond acceptors (Lipinski definition) is 7. The molecular weight excluding hydrogens is 461 g/mol. The highest BCUT2D eigenvalue weighted by Gasteiger charge is 2.27. The lowest BCUT2D eigenvalue weighted by Crippen LogP contribution is -2.37. The number of piperidine rings is 1. The molecule has 3 atom stereocenters. The van der Waals surface area contributed by atoms with Crippen molar-refractivity contribution in [3.8, 4) is 17.0 Å². The first-order valence-corrected chi connectivity index (χ1v) is 11.5. The van der Waals surface area contributed by atoms with Crippen LogP contribution >= 0.6 is 11.6 Å². The van der Waals surface area contributed by atoms with Gasteiger partial charge in [-0.25, -0.2) is 13.6 Å². The molecule has 34 heavy (non-hydrogen) atoms. The molecule has 11 heteroatoms. The summed E-state index contributed by atoms with van der Waals surface area (Å²) in [5, 5.41) is 27.1. The predicted octanol–water partition coefficient (Wildman–Crippen LogP) is 3.37. The Balaban J connectivity index is 1.55. The summed E-state index contributed by atoms with van der Waals surface area (Å²) in [6.45, 7) is 5.74. The fourth-order valence-electron chi connectivity index (χ4n) is 4.48. The van der Waals surface area contributed by atoms with E-state index in [1.807, 2.05) is 23.9 Å². The van der Waals surface area contributed by atoms with Gasteiger partial charge in [-0.3, -0.25) is 4.98 Å². The van der Waals surface area contributed by atoms with Gasteiger partial charge in [0.1, 0.15) is 22.8 Å². The molecule has 0 radical (unpaired) electrons. The number of rotatable bonds is 6. The first-order valence-electron chi connectivity index (χ1n) is 11.1. The Kier molecular flexibility index (Phi) is 6.20. The molecule has 9 nitrogen and oxygen atoms in total. The van der Waals surface area contributed by atoms with E-state index in [0.29, 0.717) is 33.6 Å². The third kappa shape index (κ3) is 4.13. The van der Waals surface area contributed by atoms with E-state index in [4.69, 9.17) is 16.3 Å². The van der Waals surface area contributed by atoms with Crippen LogP contribution in [0.1, 0.15) is 36.9 Å². The molecule has 2 unspecified atom stereocenters. The lowest BCUT2D eigenvalue weighted by molar-refractivity contribution is 0.114. The lowest BCUT2D eigenvalue weighted by atomic mass is 9.95. The monoisotopic (exact) mass is 485 g/mol. The Morgan fingerprint density at radius 2 is 2.21 bits per heavy atom. The molecule has 0 aliphatic carbocycles. The van der Waals surface area contributed by atoms with Gasteiger partial charge in [0.15, 0.2) is 6.10 Å². The molecule has 0 spiro atoms. The second-order valence-corrected chi connectivity index (χ2v) is 8.98. The predicted molar refractivity (Wildman–Crippen MR) is 124 cm³/mol. The molecule has 1 fully saturated rings. The van der Waals surface area contributed by atoms with Gasteiger partial charge < -0.3 is 15.2 Å². The number of nitrogens with zero attached hydrogens (tertiary/aromatic N) is 6. The number of aliphatic hydroxyl groups is 1. The van der Waals surface area contributed by atoms with Crippen LogP contribution in [0.15, 0.2) is 36.8 Å². The summed E-state index contributed by atoms with van der Waals surface area (Å²) in [6.07, 6.45) is 4.60. The SMILES string of the molecule is Cc1c(-c2cc(OC(CO)c3ccc(F)cn3)c3c(Cl)cnn3c2)nnn1[C@@H]1CCNCC1C. The van der Waals surface area contributed by atoms with Crippen molar-refractivity contribution in [3.63, 3.8) is 0 Å². The summed E-state index contributed by atoms with van der Waals surface area (Å²) in [7, 11) is 0. The molecule has 0 amide bonds. The highest BCUT2D eigenvalue weighted by molar-refractivity contribution is 6.34. The maximum absolute atomic E-state index is 13.3. The van der Waals surface area contributed by atoms with Crippen LogP contribution in [0.4, 0.5) is 4.39 Å². The van der Waals surface area contributed by atoms with E-state index < -0.39 is 11.9 Å². The summed E-state index contributed by atoms with van der Waals surface area (Å²) in [5.74, 6) is 0.362. The van der Waals surface area contributed by atoms with Crippen molar-refractivity contribution in [2.24, 2.45) is 5.92 Å². The molecule has 1 aliphatic rings. The number of halogens is 2. The van der Waals surface area contributed by atoms with Crippen LogP contribution in [0.25, 0.3) is 16.8 Å². The number of aliphatic hydroxyl groups excluding tert-OH is 1. The van der Waals surface area contributed by atoms with E-state index in [-0.39, 0.29) is 12.6 Å². The number of fused-ring (bicyclic) bond motifs is 1. The average molecular weight is 486 g/mol. The summed E-state index contributed by atoms with van der Waals surface area (Å²) in [5.41, 5.74) is 3.34. The minimum Gasteiger partial charge on any atom is -0.479 e. The van der Waals surface area contributed by atoms with Crippen molar-refractivity contribution in [1.82, 2.24) is 34.9 Å². The van der Waals surface area contributed by atoms with Crippen molar-refractivity contribution in [3.05, 3.63) is 59.0 Å². The van der Waals surface area contributed by atoms with Gasteiger partial charge in [0.05, 0.1) is 41.5 Å². The quantitative estimate of drug-likeness (QED) is 0.431. The maximum Gasteiger partial charge on any atom is 0.163 e. The van der Waals surface area contributed by atoms with Gasteiger partial charge in [0.2, 0.25) is 0 Å². The standard InChI is InChI=1S/C23H25ClFN7O2/c1-13-8-26-6-5-19(13)32-14(2)22(29-30-32)15-7-20(23-17(24)10-28-31(23)11-15)34-21(12-33)18-4-3-16(25)9-27-18/h3-4,7,9-11,13,19,21,26,33H,5-6,8,12H2,1-2H3/t13?,19-,21?/m1/s1. The Bertz CT molecular complexity index is 1310. The molecule has 5 rings (SSSR count). The topological polar surface area (TPSA) is 102 Å². The smallest absolute Gasteiger partial charge is 0.163 e. The van der Waals surface area contributed by atoms with E-state index in [9.17, 15) is 9.50 Å². The molecule has 0 saturated carbocycles. The summed E-state index contributed by atoms with van der Waals surface area (Å²) in [6, 6.07) is 4.83. The average Bonchev–Trinajstić information content (AvgIpc) is 3.41. The van der Waals surface area contributed by atoms with Crippen molar-refractivity contribution >= 4 is 17.1 Å². The zero-order valence-electron chi connectivity index (χ0n) is 18.8. The van der Waals surface area contributed by atoms with Gasteiger partial charge in [0, 0.05) is 11.8 Å². The highest BCUT2D eigenvalue weighted by Crippen LogP contribution is 2.36. The minimum absolute atomic E-state index is 0.268. The largest absolute Gasteiger partial charge is 0.479 e. The molecule has 2 N–H and O–H groups in total. The summed E-state index contributed by atoms with van der Waals surface area (Å²) in [4.78, 5) is 4.05. The third-order valence-corrected chi connectivity index (χ3v) is 6.58. The van der Waals surface area contributed by atoms with Gasteiger partial charge in [0.25, 0.3) is 0 Å². The molecule has 0 aromatic carbocycles. The maximum atomic E-state index is 13.3. The van der Waals surface area contributed by atoms with Crippen molar-refractivity contribution < 1.29 is 14.2 Å².